The number of benzene rings is 1. The van der Waals surface area contributed by atoms with Gasteiger partial charge in [0.1, 0.15) is 0 Å². The van der Waals surface area contributed by atoms with Crippen molar-refractivity contribution in [1.82, 2.24) is 4.31 Å². The third kappa shape index (κ3) is 2.81. The molecule has 0 radical (unpaired) electrons. The van der Waals surface area contributed by atoms with Crippen LogP contribution in [0.1, 0.15) is 18.9 Å². The summed E-state index contributed by atoms with van der Waals surface area (Å²) in [7, 11) is -1.85. The van der Waals surface area contributed by atoms with Crippen LogP contribution in [-0.2, 0) is 21.3 Å². The van der Waals surface area contributed by atoms with Crippen LogP contribution in [0.2, 0.25) is 0 Å². The predicted molar refractivity (Wildman–Crippen MR) is 73.1 cm³/mol. The monoisotopic (exact) mass is 284 g/mol. The molecular weight excluding hydrogens is 264 g/mol. The van der Waals surface area contributed by atoms with E-state index in [1.54, 1.807) is 31.3 Å². The van der Waals surface area contributed by atoms with Gasteiger partial charge in [0.05, 0.1) is 17.0 Å². The number of nitrogens with zero attached hydrogens (tertiary/aromatic N) is 1. The normalized spacial score (nSPS) is 24.0. The second-order valence-electron chi connectivity index (χ2n) is 4.80. The van der Waals surface area contributed by atoms with E-state index in [1.165, 1.54) is 4.31 Å². The van der Waals surface area contributed by atoms with Gasteiger partial charge in [0, 0.05) is 20.2 Å². The number of ether oxygens (including phenoxy) is 1. The fraction of sp³-hybridized carbons (Fsp3) is 0.538. The van der Waals surface area contributed by atoms with Crippen LogP contribution in [-0.4, -0.2) is 38.5 Å². The van der Waals surface area contributed by atoms with Crippen molar-refractivity contribution in [2.24, 2.45) is 5.73 Å². The van der Waals surface area contributed by atoms with Crippen molar-refractivity contribution < 1.29 is 13.2 Å². The van der Waals surface area contributed by atoms with Crippen LogP contribution in [0, 0.1) is 0 Å². The second kappa shape index (κ2) is 5.58. The molecule has 1 aliphatic heterocycles. The van der Waals surface area contributed by atoms with Gasteiger partial charge >= 0.3 is 0 Å². The van der Waals surface area contributed by atoms with E-state index in [-0.39, 0.29) is 12.1 Å². The maximum atomic E-state index is 12.5. The van der Waals surface area contributed by atoms with E-state index >= 15 is 0 Å². The Kier molecular flexibility index (Phi) is 4.25. The Morgan fingerprint density at radius 2 is 2.00 bits per heavy atom. The average molecular weight is 284 g/mol. The van der Waals surface area contributed by atoms with Crippen molar-refractivity contribution in [3.05, 3.63) is 29.8 Å². The van der Waals surface area contributed by atoms with Gasteiger partial charge in [-0.05, 0) is 31.0 Å². The van der Waals surface area contributed by atoms with Crippen molar-refractivity contribution in [1.29, 1.82) is 0 Å². The zero-order valence-corrected chi connectivity index (χ0v) is 12.1. The first-order valence-electron chi connectivity index (χ1n) is 6.35. The summed E-state index contributed by atoms with van der Waals surface area (Å²) in [6.07, 6.45) is 0.667. The molecule has 2 rings (SSSR count). The molecule has 2 atom stereocenters. The first-order valence-corrected chi connectivity index (χ1v) is 7.79. The molecule has 1 fully saturated rings. The maximum absolute atomic E-state index is 12.5. The summed E-state index contributed by atoms with van der Waals surface area (Å²) in [5, 5.41) is 0. The molecule has 1 aromatic carbocycles. The number of hydrogen-bond donors (Lipinski definition) is 1. The maximum Gasteiger partial charge on any atom is 0.243 e. The lowest BCUT2D eigenvalue weighted by Crippen LogP contribution is -2.40. The van der Waals surface area contributed by atoms with Gasteiger partial charge in [-0.2, -0.15) is 4.31 Å². The van der Waals surface area contributed by atoms with Gasteiger partial charge in [0.2, 0.25) is 10.0 Å². The average Bonchev–Trinajstić information content (AvgIpc) is 2.84. The van der Waals surface area contributed by atoms with Gasteiger partial charge < -0.3 is 10.5 Å². The van der Waals surface area contributed by atoms with E-state index in [0.717, 1.165) is 12.0 Å². The zero-order chi connectivity index (χ0) is 14.0. The standard InChI is InChI=1S/C13H20N2O3S/c1-10-13(7-8-18-10)15(2)19(16,17)12-5-3-11(9-14)4-6-12/h3-6,10,13H,7-9,14H2,1-2H3. The largest absolute Gasteiger partial charge is 0.377 e. The summed E-state index contributed by atoms with van der Waals surface area (Å²) in [6.45, 7) is 2.92. The Labute approximate surface area is 114 Å². The molecule has 5 nitrogen and oxygen atoms in total. The van der Waals surface area contributed by atoms with Crippen molar-refractivity contribution in [3.63, 3.8) is 0 Å². The van der Waals surface area contributed by atoms with Crippen LogP contribution in [0.25, 0.3) is 0 Å². The van der Waals surface area contributed by atoms with Gasteiger partial charge in [-0.1, -0.05) is 12.1 Å². The van der Waals surface area contributed by atoms with Crippen LogP contribution in [0.5, 0.6) is 0 Å². The molecule has 0 amide bonds. The third-order valence-electron chi connectivity index (χ3n) is 3.64. The summed E-state index contributed by atoms with van der Waals surface area (Å²) in [5.74, 6) is 0. The molecule has 1 aromatic rings. The fourth-order valence-corrected chi connectivity index (χ4v) is 3.79. The smallest absolute Gasteiger partial charge is 0.243 e. The van der Waals surface area contributed by atoms with E-state index in [2.05, 4.69) is 0 Å². The van der Waals surface area contributed by atoms with Crippen LogP contribution >= 0.6 is 0 Å². The van der Waals surface area contributed by atoms with Crippen molar-refractivity contribution in [3.8, 4) is 0 Å². The molecule has 1 saturated heterocycles. The predicted octanol–water partition coefficient (Wildman–Crippen LogP) is 0.943. The Morgan fingerprint density at radius 3 is 2.47 bits per heavy atom. The van der Waals surface area contributed by atoms with Crippen molar-refractivity contribution in [2.45, 2.75) is 36.9 Å². The summed E-state index contributed by atoms with van der Waals surface area (Å²) >= 11 is 0. The molecule has 106 valence electrons. The molecule has 0 aromatic heterocycles. The lowest BCUT2D eigenvalue weighted by atomic mass is 10.2. The van der Waals surface area contributed by atoms with Crippen LogP contribution in [0.15, 0.2) is 29.2 Å². The molecule has 19 heavy (non-hydrogen) atoms. The van der Waals surface area contributed by atoms with E-state index < -0.39 is 10.0 Å². The Morgan fingerprint density at radius 1 is 1.37 bits per heavy atom. The Bertz CT molecular complexity index is 527. The van der Waals surface area contributed by atoms with Crippen molar-refractivity contribution >= 4 is 10.0 Å². The summed E-state index contributed by atoms with van der Waals surface area (Å²) < 4.78 is 31.9. The van der Waals surface area contributed by atoms with Gasteiger partial charge in [-0.15, -0.1) is 0 Å². The van der Waals surface area contributed by atoms with E-state index in [0.29, 0.717) is 18.0 Å². The van der Waals surface area contributed by atoms with Crippen molar-refractivity contribution in [2.75, 3.05) is 13.7 Å². The minimum atomic E-state index is -3.47. The topological polar surface area (TPSA) is 72.6 Å². The molecule has 6 heteroatoms. The Hall–Kier alpha value is -0.950. The van der Waals surface area contributed by atoms with E-state index in [4.69, 9.17) is 10.5 Å². The SMILES string of the molecule is CC1OCCC1N(C)S(=O)(=O)c1ccc(CN)cc1. The molecule has 0 aliphatic carbocycles. The first-order chi connectivity index (χ1) is 8.96. The lowest BCUT2D eigenvalue weighted by molar-refractivity contribution is 0.102. The number of nitrogens with two attached hydrogens (primary N) is 1. The minimum Gasteiger partial charge on any atom is -0.377 e. The minimum absolute atomic E-state index is 0.0666. The van der Waals surface area contributed by atoms with E-state index in [9.17, 15) is 8.42 Å². The van der Waals surface area contributed by atoms with E-state index in [1.807, 2.05) is 6.92 Å². The summed E-state index contributed by atoms with van der Waals surface area (Å²) in [4.78, 5) is 0.298. The highest BCUT2D eigenvalue weighted by molar-refractivity contribution is 7.89. The molecule has 1 heterocycles. The van der Waals surface area contributed by atoms with Crippen LogP contribution in [0.3, 0.4) is 0 Å². The molecule has 2 N–H and O–H groups in total. The fourth-order valence-electron chi connectivity index (χ4n) is 2.34. The quantitative estimate of drug-likeness (QED) is 0.893. The summed E-state index contributed by atoms with van der Waals surface area (Å²) in [5.41, 5.74) is 6.43. The highest BCUT2D eigenvalue weighted by Gasteiger charge is 2.35. The number of rotatable bonds is 4. The number of hydrogen-bond acceptors (Lipinski definition) is 4. The molecule has 0 spiro atoms. The lowest BCUT2D eigenvalue weighted by Gasteiger charge is -2.26. The third-order valence-corrected chi connectivity index (χ3v) is 5.54. The highest BCUT2D eigenvalue weighted by atomic mass is 32.2. The van der Waals surface area contributed by atoms with Gasteiger partial charge in [-0.3, -0.25) is 0 Å². The molecule has 1 aliphatic rings. The molecular formula is C13H20N2O3S. The second-order valence-corrected chi connectivity index (χ2v) is 6.80. The molecule has 2 unspecified atom stereocenters. The molecule has 0 bridgehead atoms. The van der Waals surface area contributed by atoms with Gasteiger partial charge in [0.25, 0.3) is 0 Å². The Balaban J connectivity index is 2.25. The summed E-state index contributed by atoms with van der Waals surface area (Å²) in [6, 6.07) is 6.60. The van der Waals surface area contributed by atoms with Crippen LogP contribution < -0.4 is 5.73 Å². The zero-order valence-electron chi connectivity index (χ0n) is 11.2. The number of sulfonamides is 1. The van der Waals surface area contributed by atoms with Crippen LogP contribution in [0.4, 0.5) is 0 Å². The first kappa shape index (κ1) is 14.5. The highest BCUT2D eigenvalue weighted by Crippen LogP contribution is 2.24. The number of likely N-dealkylation sites (N-methyl/N-ethyl adjacent to an activating group) is 1. The van der Waals surface area contributed by atoms with Gasteiger partial charge in [0.15, 0.2) is 0 Å². The molecule has 0 saturated carbocycles. The van der Waals surface area contributed by atoms with Gasteiger partial charge in [-0.25, -0.2) is 8.42 Å².